The van der Waals surface area contributed by atoms with Crippen molar-refractivity contribution in [1.29, 1.82) is 0 Å². The van der Waals surface area contributed by atoms with E-state index in [9.17, 15) is 0 Å². The normalized spacial score (nSPS) is 13.0. The Morgan fingerprint density at radius 3 is 2.71 bits per heavy atom. The lowest BCUT2D eigenvalue weighted by Gasteiger charge is -2.32. The third-order valence-electron chi connectivity index (χ3n) is 3.73. The highest BCUT2D eigenvalue weighted by molar-refractivity contribution is 5.58. The van der Waals surface area contributed by atoms with Crippen molar-refractivity contribution < 1.29 is 4.74 Å². The molecule has 0 saturated carbocycles. The predicted molar refractivity (Wildman–Crippen MR) is 97.4 cm³/mol. The Labute approximate surface area is 144 Å². The van der Waals surface area contributed by atoms with Gasteiger partial charge in [-0.2, -0.15) is 0 Å². The molecule has 3 heterocycles. The van der Waals surface area contributed by atoms with E-state index >= 15 is 0 Å². The highest BCUT2D eigenvalue weighted by Crippen LogP contribution is 2.36. The molecule has 3 rings (SSSR count). The SMILES string of the molecule is CC.Cc1nc(C(C)C)c2c(n1)N(Cc1cccnc1N)CCO2. The van der Waals surface area contributed by atoms with Crippen molar-refractivity contribution >= 4 is 11.6 Å². The highest BCUT2D eigenvalue weighted by atomic mass is 16.5. The van der Waals surface area contributed by atoms with Gasteiger partial charge in [-0.05, 0) is 18.9 Å². The monoisotopic (exact) mass is 329 g/mol. The maximum atomic E-state index is 5.96. The van der Waals surface area contributed by atoms with Gasteiger partial charge >= 0.3 is 0 Å². The fraction of sp³-hybridized carbons (Fsp3) is 0.500. The summed E-state index contributed by atoms with van der Waals surface area (Å²) in [5.74, 6) is 3.27. The van der Waals surface area contributed by atoms with Crippen molar-refractivity contribution in [3.8, 4) is 5.75 Å². The van der Waals surface area contributed by atoms with Crippen LogP contribution in [0.4, 0.5) is 11.6 Å². The molecule has 0 bridgehead atoms. The van der Waals surface area contributed by atoms with Gasteiger partial charge in [0.25, 0.3) is 0 Å². The summed E-state index contributed by atoms with van der Waals surface area (Å²) in [6.07, 6.45) is 1.70. The molecule has 1 aliphatic heterocycles. The van der Waals surface area contributed by atoms with E-state index in [1.807, 2.05) is 32.9 Å². The minimum Gasteiger partial charge on any atom is -0.486 e. The molecule has 6 heteroatoms. The summed E-state index contributed by atoms with van der Waals surface area (Å²) in [6.45, 7) is 12.2. The number of rotatable bonds is 3. The maximum Gasteiger partial charge on any atom is 0.183 e. The Morgan fingerprint density at radius 2 is 2.04 bits per heavy atom. The molecule has 0 atom stereocenters. The Balaban J connectivity index is 0.00000100. The quantitative estimate of drug-likeness (QED) is 0.931. The molecule has 0 amide bonds. The molecule has 0 aliphatic carbocycles. The number of fused-ring (bicyclic) bond motifs is 1. The first-order chi connectivity index (χ1) is 11.6. The summed E-state index contributed by atoms with van der Waals surface area (Å²) in [5, 5.41) is 0. The number of nitrogens with zero attached hydrogens (tertiary/aromatic N) is 4. The van der Waals surface area contributed by atoms with Gasteiger partial charge in [-0.25, -0.2) is 15.0 Å². The van der Waals surface area contributed by atoms with Crippen LogP contribution >= 0.6 is 0 Å². The molecule has 24 heavy (non-hydrogen) atoms. The number of aryl methyl sites for hydroxylation is 1. The lowest BCUT2D eigenvalue weighted by atomic mass is 10.1. The van der Waals surface area contributed by atoms with E-state index < -0.39 is 0 Å². The summed E-state index contributed by atoms with van der Waals surface area (Å²) in [4.78, 5) is 15.5. The fourth-order valence-corrected chi connectivity index (χ4v) is 2.62. The van der Waals surface area contributed by atoms with E-state index in [-0.39, 0.29) is 0 Å². The average molecular weight is 329 g/mol. The molecular weight excluding hydrogens is 302 g/mol. The van der Waals surface area contributed by atoms with Crippen molar-refractivity contribution in [1.82, 2.24) is 15.0 Å². The van der Waals surface area contributed by atoms with Crippen LogP contribution in [-0.2, 0) is 6.54 Å². The van der Waals surface area contributed by atoms with Crippen LogP contribution in [0.3, 0.4) is 0 Å². The second kappa shape index (κ2) is 7.95. The standard InChI is InChI=1S/C16H21N5O.C2H6/c1-10(2)13-14-16(20-11(3)19-13)21(7-8-22-14)9-12-5-4-6-18-15(12)17;1-2/h4-6,10H,7-9H2,1-3H3,(H2,17,18);1-2H3. The molecule has 6 nitrogen and oxygen atoms in total. The summed E-state index contributed by atoms with van der Waals surface area (Å²) < 4.78 is 5.86. The molecule has 0 saturated heterocycles. The van der Waals surface area contributed by atoms with Crippen LogP contribution in [0.1, 0.15) is 50.7 Å². The number of anilines is 2. The number of aromatic nitrogens is 3. The van der Waals surface area contributed by atoms with Crippen molar-refractivity contribution in [3.63, 3.8) is 0 Å². The lowest BCUT2D eigenvalue weighted by molar-refractivity contribution is 0.297. The van der Waals surface area contributed by atoms with Gasteiger partial charge in [-0.1, -0.05) is 33.8 Å². The van der Waals surface area contributed by atoms with E-state index in [1.165, 1.54) is 0 Å². The van der Waals surface area contributed by atoms with Gasteiger partial charge in [-0.15, -0.1) is 0 Å². The second-order valence-corrected chi connectivity index (χ2v) is 5.78. The van der Waals surface area contributed by atoms with Crippen molar-refractivity contribution in [3.05, 3.63) is 35.4 Å². The number of pyridine rings is 1. The Kier molecular flexibility index (Phi) is 5.95. The first-order valence-electron chi connectivity index (χ1n) is 8.52. The number of hydrogen-bond acceptors (Lipinski definition) is 6. The van der Waals surface area contributed by atoms with Crippen molar-refractivity contribution in [2.45, 2.75) is 47.1 Å². The first-order valence-corrected chi connectivity index (χ1v) is 8.52. The summed E-state index contributed by atoms with van der Waals surface area (Å²) in [5.41, 5.74) is 7.93. The zero-order chi connectivity index (χ0) is 17.7. The number of nitrogen functional groups attached to an aromatic ring is 1. The van der Waals surface area contributed by atoms with Crippen LogP contribution in [0.25, 0.3) is 0 Å². The Morgan fingerprint density at radius 1 is 1.29 bits per heavy atom. The molecule has 0 fully saturated rings. The molecule has 2 aromatic heterocycles. The molecule has 2 aromatic rings. The van der Waals surface area contributed by atoms with E-state index in [0.29, 0.717) is 24.9 Å². The minimum atomic E-state index is 0.291. The predicted octanol–water partition coefficient (Wildman–Crippen LogP) is 3.31. The molecule has 0 radical (unpaired) electrons. The van der Waals surface area contributed by atoms with Crippen LogP contribution in [0.15, 0.2) is 18.3 Å². The van der Waals surface area contributed by atoms with Gasteiger partial charge in [0.15, 0.2) is 11.6 Å². The average Bonchev–Trinajstić information content (AvgIpc) is 2.58. The Bertz CT molecular complexity index is 687. The third kappa shape index (κ3) is 3.75. The molecule has 0 aromatic carbocycles. The van der Waals surface area contributed by atoms with Gasteiger partial charge in [0, 0.05) is 18.3 Å². The van der Waals surface area contributed by atoms with Crippen LogP contribution in [0.2, 0.25) is 0 Å². The lowest BCUT2D eigenvalue weighted by Crippen LogP contribution is -2.34. The summed E-state index contributed by atoms with van der Waals surface area (Å²) in [7, 11) is 0. The molecular formula is C18H27N5O. The van der Waals surface area contributed by atoms with Gasteiger partial charge < -0.3 is 15.4 Å². The second-order valence-electron chi connectivity index (χ2n) is 5.78. The summed E-state index contributed by atoms with van der Waals surface area (Å²) in [6, 6.07) is 3.90. The molecule has 0 unspecified atom stereocenters. The van der Waals surface area contributed by atoms with E-state index in [2.05, 4.69) is 33.7 Å². The fourth-order valence-electron chi connectivity index (χ4n) is 2.62. The van der Waals surface area contributed by atoms with Crippen molar-refractivity contribution in [2.24, 2.45) is 0 Å². The number of ether oxygens (including phenoxy) is 1. The van der Waals surface area contributed by atoms with E-state index in [4.69, 9.17) is 10.5 Å². The third-order valence-corrected chi connectivity index (χ3v) is 3.73. The zero-order valence-electron chi connectivity index (χ0n) is 15.2. The van der Waals surface area contributed by atoms with Crippen LogP contribution < -0.4 is 15.4 Å². The minimum absolute atomic E-state index is 0.291. The largest absolute Gasteiger partial charge is 0.486 e. The van der Waals surface area contributed by atoms with Gasteiger partial charge in [-0.3, -0.25) is 0 Å². The number of hydrogen-bond donors (Lipinski definition) is 1. The molecule has 2 N–H and O–H groups in total. The topological polar surface area (TPSA) is 77.2 Å². The van der Waals surface area contributed by atoms with Crippen LogP contribution in [-0.4, -0.2) is 28.1 Å². The summed E-state index contributed by atoms with van der Waals surface area (Å²) >= 11 is 0. The first kappa shape index (κ1) is 18.0. The number of nitrogens with two attached hydrogens (primary N) is 1. The Hall–Kier alpha value is -2.37. The van der Waals surface area contributed by atoms with Crippen LogP contribution in [0, 0.1) is 6.92 Å². The van der Waals surface area contributed by atoms with Gasteiger partial charge in [0.2, 0.25) is 0 Å². The van der Waals surface area contributed by atoms with E-state index in [0.717, 1.165) is 35.2 Å². The maximum absolute atomic E-state index is 5.96. The highest BCUT2D eigenvalue weighted by Gasteiger charge is 2.26. The van der Waals surface area contributed by atoms with Crippen molar-refractivity contribution in [2.75, 3.05) is 23.8 Å². The van der Waals surface area contributed by atoms with E-state index in [1.54, 1.807) is 6.20 Å². The molecule has 130 valence electrons. The molecule has 1 aliphatic rings. The smallest absolute Gasteiger partial charge is 0.183 e. The van der Waals surface area contributed by atoms with Crippen LogP contribution in [0.5, 0.6) is 5.75 Å². The van der Waals surface area contributed by atoms with Gasteiger partial charge in [0.05, 0.1) is 12.2 Å². The van der Waals surface area contributed by atoms with Gasteiger partial charge in [0.1, 0.15) is 18.2 Å². The molecule has 0 spiro atoms. The zero-order valence-corrected chi connectivity index (χ0v) is 15.2.